The van der Waals surface area contributed by atoms with Gasteiger partial charge < -0.3 is 18.9 Å². The molecule has 0 N–H and O–H groups in total. The zero-order valence-corrected chi connectivity index (χ0v) is 18.5. The van der Waals surface area contributed by atoms with Crippen LogP contribution in [0.2, 0.25) is 5.02 Å². The highest BCUT2D eigenvalue weighted by Crippen LogP contribution is 2.33. The molecule has 7 heteroatoms. The van der Waals surface area contributed by atoms with Crippen molar-refractivity contribution in [3.05, 3.63) is 88.5 Å². The SMILES string of the molecule is COc1cc(C=CC(=O)c2ccc(Cl)cc2)ccc1OC(=O)c1c(OC)cccc1OC. The Balaban J connectivity index is 1.81. The minimum absolute atomic E-state index is 0.164. The normalized spacial score (nSPS) is 10.6. The van der Waals surface area contributed by atoms with Crippen molar-refractivity contribution in [1.29, 1.82) is 0 Å². The summed E-state index contributed by atoms with van der Waals surface area (Å²) in [6.45, 7) is 0. The monoisotopic (exact) mass is 452 g/mol. The van der Waals surface area contributed by atoms with Crippen molar-refractivity contribution in [2.45, 2.75) is 0 Å². The third-order valence-electron chi connectivity index (χ3n) is 4.58. The summed E-state index contributed by atoms with van der Waals surface area (Å²) in [6, 6.07) is 16.6. The van der Waals surface area contributed by atoms with Crippen molar-refractivity contribution in [3.63, 3.8) is 0 Å². The second kappa shape index (κ2) is 10.5. The highest BCUT2D eigenvalue weighted by atomic mass is 35.5. The van der Waals surface area contributed by atoms with Gasteiger partial charge in [0.15, 0.2) is 17.3 Å². The summed E-state index contributed by atoms with van der Waals surface area (Å²) in [4.78, 5) is 25.1. The lowest BCUT2D eigenvalue weighted by molar-refractivity contribution is 0.0722. The molecule has 0 heterocycles. The summed E-state index contributed by atoms with van der Waals surface area (Å²) in [5.41, 5.74) is 1.38. The highest BCUT2D eigenvalue weighted by molar-refractivity contribution is 6.30. The van der Waals surface area contributed by atoms with E-state index in [2.05, 4.69) is 0 Å². The van der Waals surface area contributed by atoms with Crippen molar-refractivity contribution in [1.82, 2.24) is 0 Å². The lowest BCUT2D eigenvalue weighted by atomic mass is 10.1. The summed E-state index contributed by atoms with van der Waals surface area (Å²) < 4.78 is 21.4. The second-order valence-corrected chi connectivity index (χ2v) is 6.98. The van der Waals surface area contributed by atoms with E-state index in [-0.39, 0.29) is 17.1 Å². The standard InChI is InChI=1S/C25H21ClO6/c1-29-21-5-4-6-22(30-2)24(21)25(28)32-20-14-8-16(15-23(20)31-3)7-13-19(27)17-9-11-18(26)12-10-17/h4-15H,1-3H3. The number of ketones is 1. The van der Waals surface area contributed by atoms with E-state index in [1.54, 1.807) is 66.7 Å². The van der Waals surface area contributed by atoms with Crippen LogP contribution in [0.15, 0.2) is 66.7 Å². The van der Waals surface area contributed by atoms with Crippen molar-refractivity contribution in [2.24, 2.45) is 0 Å². The molecule has 6 nitrogen and oxygen atoms in total. The van der Waals surface area contributed by atoms with E-state index in [1.807, 2.05) is 0 Å². The van der Waals surface area contributed by atoms with Crippen LogP contribution in [-0.4, -0.2) is 33.1 Å². The molecular weight excluding hydrogens is 432 g/mol. The van der Waals surface area contributed by atoms with E-state index in [9.17, 15) is 9.59 Å². The summed E-state index contributed by atoms with van der Waals surface area (Å²) in [5.74, 6) is 0.375. The molecule has 0 amide bonds. The molecule has 0 saturated heterocycles. The Labute approximate surface area is 190 Å². The topological polar surface area (TPSA) is 71.1 Å². The van der Waals surface area contributed by atoms with Gasteiger partial charge in [-0.05, 0) is 60.2 Å². The van der Waals surface area contributed by atoms with Gasteiger partial charge in [-0.25, -0.2) is 4.79 Å². The molecule has 3 rings (SSSR count). The number of esters is 1. The summed E-state index contributed by atoms with van der Waals surface area (Å²) in [6.07, 6.45) is 3.09. The Morgan fingerprint density at radius 3 is 2.00 bits per heavy atom. The van der Waals surface area contributed by atoms with Gasteiger partial charge in [0, 0.05) is 10.6 Å². The Morgan fingerprint density at radius 2 is 1.41 bits per heavy atom. The van der Waals surface area contributed by atoms with Crippen LogP contribution in [0.3, 0.4) is 0 Å². The third kappa shape index (κ3) is 5.28. The number of hydrogen-bond donors (Lipinski definition) is 0. The number of rotatable bonds is 8. The van der Waals surface area contributed by atoms with E-state index >= 15 is 0 Å². The fourth-order valence-electron chi connectivity index (χ4n) is 2.96. The van der Waals surface area contributed by atoms with Crippen LogP contribution in [0.1, 0.15) is 26.3 Å². The average Bonchev–Trinajstić information content (AvgIpc) is 2.82. The van der Waals surface area contributed by atoms with E-state index in [0.717, 1.165) is 0 Å². The van der Waals surface area contributed by atoms with Crippen molar-refractivity contribution in [2.75, 3.05) is 21.3 Å². The number of methoxy groups -OCH3 is 3. The highest BCUT2D eigenvalue weighted by Gasteiger charge is 2.21. The van der Waals surface area contributed by atoms with Crippen LogP contribution in [0.5, 0.6) is 23.0 Å². The molecule has 0 aliphatic carbocycles. The smallest absolute Gasteiger partial charge is 0.351 e. The van der Waals surface area contributed by atoms with Crippen molar-refractivity contribution in [3.8, 4) is 23.0 Å². The van der Waals surface area contributed by atoms with Crippen molar-refractivity contribution < 1.29 is 28.5 Å². The minimum atomic E-state index is -0.654. The first-order valence-corrected chi connectivity index (χ1v) is 9.93. The lowest BCUT2D eigenvalue weighted by Gasteiger charge is -2.14. The first kappa shape index (κ1) is 22.9. The van der Waals surface area contributed by atoms with Crippen LogP contribution >= 0.6 is 11.6 Å². The Kier molecular flexibility index (Phi) is 7.52. The minimum Gasteiger partial charge on any atom is -0.496 e. The zero-order chi connectivity index (χ0) is 23.1. The number of allylic oxidation sites excluding steroid dienone is 1. The largest absolute Gasteiger partial charge is 0.496 e. The molecule has 0 spiro atoms. The van der Waals surface area contributed by atoms with E-state index < -0.39 is 5.97 Å². The molecule has 0 bridgehead atoms. The van der Waals surface area contributed by atoms with Gasteiger partial charge in [0.2, 0.25) is 0 Å². The van der Waals surface area contributed by atoms with Gasteiger partial charge in [-0.3, -0.25) is 4.79 Å². The number of ether oxygens (including phenoxy) is 4. The Bertz CT molecular complexity index is 1130. The van der Waals surface area contributed by atoms with E-state index in [1.165, 1.54) is 27.4 Å². The summed E-state index contributed by atoms with van der Waals surface area (Å²) >= 11 is 5.85. The maximum Gasteiger partial charge on any atom is 0.351 e. The molecule has 0 fully saturated rings. The molecule has 0 aromatic heterocycles. The number of carbonyl (C=O) groups excluding carboxylic acids is 2. The predicted molar refractivity (Wildman–Crippen MR) is 122 cm³/mol. The molecule has 0 aliphatic rings. The molecular formula is C25H21ClO6. The first-order valence-electron chi connectivity index (χ1n) is 9.56. The fourth-order valence-corrected chi connectivity index (χ4v) is 3.08. The first-order chi connectivity index (χ1) is 15.5. The fraction of sp³-hybridized carbons (Fsp3) is 0.120. The van der Waals surface area contributed by atoms with E-state index in [0.29, 0.717) is 33.4 Å². The molecule has 0 saturated carbocycles. The van der Waals surface area contributed by atoms with Gasteiger partial charge in [-0.15, -0.1) is 0 Å². The third-order valence-corrected chi connectivity index (χ3v) is 4.83. The molecule has 32 heavy (non-hydrogen) atoms. The maximum atomic E-state index is 12.8. The molecule has 3 aromatic rings. The van der Waals surface area contributed by atoms with Gasteiger partial charge >= 0.3 is 5.97 Å². The number of benzene rings is 3. The quantitative estimate of drug-likeness (QED) is 0.195. The molecule has 164 valence electrons. The van der Waals surface area contributed by atoms with Gasteiger partial charge in [0.05, 0.1) is 21.3 Å². The molecule has 0 radical (unpaired) electrons. The van der Waals surface area contributed by atoms with Crippen LogP contribution in [0.4, 0.5) is 0 Å². The number of hydrogen-bond acceptors (Lipinski definition) is 6. The molecule has 0 unspecified atom stereocenters. The predicted octanol–water partition coefficient (Wildman–Crippen LogP) is 5.48. The molecule has 3 aromatic carbocycles. The second-order valence-electron chi connectivity index (χ2n) is 6.54. The Morgan fingerprint density at radius 1 is 0.781 bits per heavy atom. The summed E-state index contributed by atoms with van der Waals surface area (Å²) in [5, 5.41) is 0.561. The van der Waals surface area contributed by atoms with Gasteiger partial charge in [-0.2, -0.15) is 0 Å². The van der Waals surface area contributed by atoms with Crippen LogP contribution in [-0.2, 0) is 0 Å². The van der Waals surface area contributed by atoms with Gasteiger partial charge in [-0.1, -0.05) is 29.8 Å². The Hall–Kier alpha value is -3.77. The van der Waals surface area contributed by atoms with Gasteiger partial charge in [0.25, 0.3) is 0 Å². The maximum absolute atomic E-state index is 12.8. The van der Waals surface area contributed by atoms with E-state index in [4.69, 9.17) is 30.5 Å². The lowest BCUT2D eigenvalue weighted by Crippen LogP contribution is -2.12. The summed E-state index contributed by atoms with van der Waals surface area (Å²) in [7, 11) is 4.37. The molecule has 0 aliphatic heterocycles. The van der Waals surface area contributed by atoms with Crippen LogP contribution in [0.25, 0.3) is 6.08 Å². The average molecular weight is 453 g/mol. The zero-order valence-electron chi connectivity index (χ0n) is 17.8. The van der Waals surface area contributed by atoms with Crippen LogP contribution in [0, 0.1) is 0 Å². The molecule has 0 atom stereocenters. The van der Waals surface area contributed by atoms with Crippen LogP contribution < -0.4 is 18.9 Å². The van der Waals surface area contributed by atoms with Crippen molar-refractivity contribution >= 4 is 29.4 Å². The van der Waals surface area contributed by atoms with Gasteiger partial charge in [0.1, 0.15) is 17.1 Å². The number of carbonyl (C=O) groups is 2. The number of halogens is 1.